The summed E-state index contributed by atoms with van der Waals surface area (Å²) < 4.78 is 5.56. The van der Waals surface area contributed by atoms with Crippen LogP contribution in [0.1, 0.15) is 58.1 Å². The van der Waals surface area contributed by atoms with Gasteiger partial charge in [-0.1, -0.05) is 51.8 Å². The van der Waals surface area contributed by atoms with Gasteiger partial charge in [0.25, 0.3) is 0 Å². The highest BCUT2D eigenvalue weighted by molar-refractivity contribution is 6.48. The average molecular weight is 368 g/mol. The van der Waals surface area contributed by atoms with E-state index in [0.29, 0.717) is 22.7 Å². The van der Waals surface area contributed by atoms with Crippen LogP contribution in [0, 0.1) is 5.41 Å². The molecule has 0 amide bonds. The lowest BCUT2D eigenvalue weighted by atomic mass is 9.84. The molecule has 133 valence electrons. The second-order valence-corrected chi connectivity index (χ2v) is 9.99. The normalized spacial score (nSPS) is 20.3. The van der Waals surface area contributed by atoms with Gasteiger partial charge in [0.05, 0.1) is 16.4 Å². The number of hydrogen-bond donors (Lipinski definition) is 2. The second-order valence-electron chi connectivity index (χ2n) is 7.59. The van der Waals surface area contributed by atoms with E-state index in [4.69, 9.17) is 21.1 Å². The van der Waals surface area contributed by atoms with Gasteiger partial charge in [-0.3, -0.25) is 5.48 Å². The minimum Gasteiger partial charge on any atom is -0.365 e. The number of nitrogens with zero attached hydrogens (tertiary/aromatic N) is 1. The second kappa shape index (κ2) is 7.16. The molecule has 2 N–H and O–H groups in total. The summed E-state index contributed by atoms with van der Waals surface area (Å²) in [4.78, 5) is 4.72. The lowest BCUT2D eigenvalue weighted by Crippen LogP contribution is -2.22. The van der Waals surface area contributed by atoms with E-state index in [9.17, 15) is 5.11 Å². The molecule has 1 aromatic carbocycles. The number of benzene rings is 1. The summed E-state index contributed by atoms with van der Waals surface area (Å²) in [6.07, 6.45) is 2.45. The fraction of sp³-hybridized carbons (Fsp3) is 0.611. The molecule has 0 saturated carbocycles. The molecule has 0 spiro atoms. The van der Waals surface area contributed by atoms with Gasteiger partial charge in [0.2, 0.25) is 9.04 Å². The molecule has 1 heterocycles. The summed E-state index contributed by atoms with van der Waals surface area (Å²) in [6, 6.07) is 3.89. The average Bonchev–Trinajstić information content (AvgIpc) is 2.79. The quantitative estimate of drug-likeness (QED) is 0.542. The molecule has 4 nitrogen and oxygen atoms in total. The third-order valence-electron chi connectivity index (χ3n) is 4.05. The molecule has 2 rings (SSSR count). The van der Waals surface area contributed by atoms with Crippen LogP contribution in [0.15, 0.2) is 17.1 Å². The van der Waals surface area contributed by atoms with Gasteiger partial charge < -0.3 is 9.63 Å². The zero-order valence-electron chi connectivity index (χ0n) is 15.5. The Labute approximate surface area is 152 Å². The van der Waals surface area contributed by atoms with E-state index in [1.54, 1.807) is 0 Å². The Bertz CT molecular complexity index is 641. The number of hydrogen-bond acceptors (Lipinski definition) is 4. The van der Waals surface area contributed by atoms with Crippen LogP contribution in [0.25, 0.3) is 0 Å². The van der Waals surface area contributed by atoms with E-state index >= 15 is 0 Å². The minimum atomic E-state index is -1.26. The maximum Gasteiger partial charge on any atom is 0.244 e. The molecule has 1 radical (unpaired) electrons. The standard InChI is InChI=1S/C18H28ClN2O2Si/c1-7-8-11-18(22)14-12(16(20-18)17(2,3)4)9-10-13(15(14)19)21-23-24(5)6/h9-10,21-22H,7-8,11H2,1-6H3. The number of rotatable bonds is 6. The van der Waals surface area contributed by atoms with E-state index in [2.05, 4.69) is 33.2 Å². The molecule has 0 aromatic heterocycles. The van der Waals surface area contributed by atoms with Gasteiger partial charge in [0.1, 0.15) is 0 Å². The molecule has 1 atom stereocenters. The fourth-order valence-corrected chi connectivity index (χ4v) is 3.55. The summed E-state index contributed by atoms with van der Waals surface area (Å²) >= 11 is 6.65. The highest BCUT2D eigenvalue weighted by atomic mass is 35.5. The van der Waals surface area contributed by atoms with Crippen molar-refractivity contribution in [2.24, 2.45) is 10.4 Å². The SMILES string of the molecule is CCCCC1(O)N=C(C(C)(C)C)c2ccc(NO[Si](C)C)c(Cl)c21. The third-order valence-corrected chi connectivity index (χ3v) is 4.95. The van der Waals surface area contributed by atoms with Gasteiger partial charge in [-0.15, -0.1) is 0 Å². The smallest absolute Gasteiger partial charge is 0.244 e. The van der Waals surface area contributed by atoms with Crippen LogP contribution < -0.4 is 5.48 Å². The fourth-order valence-electron chi connectivity index (χ4n) is 2.88. The van der Waals surface area contributed by atoms with Crippen molar-refractivity contribution in [2.45, 2.75) is 65.8 Å². The van der Waals surface area contributed by atoms with Crippen molar-refractivity contribution in [3.8, 4) is 0 Å². The molecule has 0 bridgehead atoms. The zero-order valence-corrected chi connectivity index (χ0v) is 17.2. The van der Waals surface area contributed by atoms with Gasteiger partial charge in [-0.05, 0) is 25.6 Å². The monoisotopic (exact) mass is 367 g/mol. The van der Waals surface area contributed by atoms with Crippen LogP contribution >= 0.6 is 11.6 Å². The number of aliphatic imine (C=N–C) groups is 1. The number of anilines is 1. The Morgan fingerprint density at radius 1 is 1.33 bits per heavy atom. The van der Waals surface area contributed by atoms with Gasteiger partial charge >= 0.3 is 0 Å². The van der Waals surface area contributed by atoms with Crippen LogP contribution in [0.5, 0.6) is 0 Å². The van der Waals surface area contributed by atoms with Crippen LogP contribution in [0.3, 0.4) is 0 Å². The Kier molecular flexibility index (Phi) is 5.80. The van der Waals surface area contributed by atoms with Gasteiger partial charge in [-0.25, -0.2) is 4.99 Å². The first kappa shape index (κ1) is 19.4. The molecule has 0 aliphatic carbocycles. The third kappa shape index (κ3) is 3.85. The van der Waals surface area contributed by atoms with Crippen molar-refractivity contribution < 1.29 is 9.63 Å². The lowest BCUT2D eigenvalue weighted by Gasteiger charge is -2.23. The summed E-state index contributed by atoms with van der Waals surface area (Å²) in [6.45, 7) is 12.5. The maximum atomic E-state index is 11.3. The van der Waals surface area contributed by atoms with Crippen LogP contribution in [-0.2, 0) is 10.3 Å². The van der Waals surface area contributed by atoms with E-state index in [1.807, 2.05) is 25.2 Å². The van der Waals surface area contributed by atoms with Crippen molar-refractivity contribution in [3.63, 3.8) is 0 Å². The Balaban J connectivity index is 2.52. The molecular weight excluding hydrogens is 340 g/mol. The van der Waals surface area contributed by atoms with Crippen molar-refractivity contribution >= 4 is 32.0 Å². The first-order valence-corrected chi connectivity index (χ1v) is 11.3. The number of nitrogens with one attached hydrogen (secondary N) is 1. The number of halogens is 1. The molecule has 1 unspecified atom stereocenters. The number of aliphatic hydroxyl groups is 1. The van der Waals surface area contributed by atoms with E-state index in [1.165, 1.54) is 0 Å². The van der Waals surface area contributed by atoms with Crippen molar-refractivity contribution in [1.29, 1.82) is 0 Å². The van der Waals surface area contributed by atoms with Gasteiger partial charge in [0, 0.05) is 23.0 Å². The Morgan fingerprint density at radius 3 is 2.54 bits per heavy atom. The largest absolute Gasteiger partial charge is 0.365 e. The molecule has 6 heteroatoms. The van der Waals surface area contributed by atoms with Gasteiger partial charge in [-0.2, -0.15) is 0 Å². The van der Waals surface area contributed by atoms with E-state index in [-0.39, 0.29) is 5.41 Å². The first-order valence-electron chi connectivity index (χ1n) is 8.49. The lowest BCUT2D eigenvalue weighted by molar-refractivity contribution is 0.0381. The molecule has 1 aliphatic rings. The van der Waals surface area contributed by atoms with Crippen LogP contribution in [0.4, 0.5) is 5.69 Å². The molecular formula is C18H28ClN2O2Si. The number of fused-ring (bicyclic) bond motifs is 1. The van der Waals surface area contributed by atoms with Crippen molar-refractivity contribution in [2.75, 3.05) is 5.48 Å². The van der Waals surface area contributed by atoms with E-state index in [0.717, 1.165) is 24.1 Å². The summed E-state index contributed by atoms with van der Waals surface area (Å²) in [7, 11) is -0.899. The van der Waals surface area contributed by atoms with Crippen molar-refractivity contribution in [3.05, 3.63) is 28.3 Å². The first-order chi connectivity index (χ1) is 11.1. The maximum absolute atomic E-state index is 11.3. The van der Waals surface area contributed by atoms with Gasteiger partial charge in [0.15, 0.2) is 5.72 Å². The minimum absolute atomic E-state index is 0.163. The van der Waals surface area contributed by atoms with Crippen molar-refractivity contribution in [1.82, 2.24) is 0 Å². The molecule has 0 saturated heterocycles. The summed E-state index contributed by atoms with van der Waals surface area (Å²) in [5.41, 5.74) is 4.75. The number of unbranched alkanes of at least 4 members (excludes halogenated alkanes) is 1. The molecule has 1 aromatic rings. The van der Waals surface area contributed by atoms with E-state index < -0.39 is 14.8 Å². The zero-order chi connectivity index (χ0) is 18.1. The predicted molar refractivity (Wildman–Crippen MR) is 103 cm³/mol. The Hall–Kier alpha value is -0.883. The summed E-state index contributed by atoms with van der Waals surface area (Å²) in [5, 5.41) is 11.8. The Morgan fingerprint density at radius 2 is 2.00 bits per heavy atom. The van der Waals surface area contributed by atoms with Crippen LogP contribution in [-0.4, -0.2) is 19.9 Å². The molecule has 24 heavy (non-hydrogen) atoms. The highest BCUT2D eigenvalue weighted by Gasteiger charge is 2.43. The topological polar surface area (TPSA) is 53.9 Å². The van der Waals surface area contributed by atoms with Crippen LogP contribution in [0.2, 0.25) is 18.1 Å². The molecule has 1 aliphatic heterocycles. The summed E-state index contributed by atoms with van der Waals surface area (Å²) in [5.74, 6) is 0. The highest BCUT2D eigenvalue weighted by Crippen LogP contribution is 2.47. The predicted octanol–water partition coefficient (Wildman–Crippen LogP) is 5.12. The molecule has 0 fully saturated rings.